The third-order valence-corrected chi connectivity index (χ3v) is 5.72. The van der Waals surface area contributed by atoms with E-state index in [2.05, 4.69) is 9.97 Å². The maximum absolute atomic E-state index is 12.7. The fourth-order valence-electron chi connectivity index (χ4n) is 2.58. The van der Waals surface area contributed by atoms with E-state index in [4.69, 9.17) is 9.47 Å². The highest BCUT2D eigenvalue weighted by atomic mass is 32.2. The molecule has 0 aliphatic carbocycles. The molecule has 0 saturated carbocycles. The SMILES string of the molecule is COc1cncc(OC2CCN(S(=O)(=O)c3cccc([N+](=O)[O-])c3)C2)n1. The summed E-state index contributed by atoms with van der Waals surface area (Å²) in [5.74, 6) is 0.533. The highest BCUT2D eigenvalue weighted by Gasteiger charge is 2.34. The summed E-state index contributed by atoms with van der Waals surface area (Å²) in [6.07, 6.45) is 2.92. The average molecular weight is 380 g/mol. The van der Waals surface area contributed by atoms with Gasteiger partial charge in [0.05, 0.1) is 35.9 Å². The van der Waals surface area contributed by atoms with Gasteiger partial charge in [0.15, 0.2) is 0 Å². The van der Waals surface area contributed by atoms with Gasteiger partial charge in [-0.05, 0) is 12.5 Å². The molecule has 0 spiro atoms. The number of nitro benzene ring substituents is 1. The van der Waals surface area contributed by atoms with Gasteiger partial charge in [-0.1, -0.05) is 6.07 Å². The molecular formula is C15H16N4O6S. The molecule has 1 unspecified atom stereocenters. The van der Waals surface area contributed by atoms with Crippen molar-refractivity contribution in [3.63, 3.8) is 0 Å². The lowest BCUT2D eigenvalue weighted by Crippen LogP contribution is -2.31. The van der Waals surface area contributed by atoms with E-state index in [1.165, 1.54) is 42.0 Å². The molecule has 2 aromatic rings. The topological polar surface area (TPSA) is 125 Å². The van der Waals surface area contributed by atoms with Crippen molar-refractivity contribution in [2.75, 3.05) is 20.2 Å². The Balaban J connectivity index is 1.73. The van der Waals surface area contributed by atoms with Crippen molar-refractivity contribution in [1.29, 1.82) is 0 Å². The van der Waals surface area contributed by atoms with Crippen LogP contribution in [0.4, 0.5) is 5.69 Å². The number of benzene rings is 1. The second-order valence-electron chi connectivity index (χ2n) is 5.55. The molecule has 0 N–H and O–H groups in total. The van der Waals surface area contributed by atoms with Crippen molar-refractivity contribution in [3.8, 4) is 11.8 Å². The second kappa shape index (κ2) is 7.22. The lowest BCUT2D eigenvalue weighted by Gasteiger charge is -2.17. The average Bonchev–Trinajstić information content (AvgIpc) is 3.11. The zero-order valence-corrected chi connectivity index (χ0v) is 14.6. The number of nitro groups is 1. The molecule has 0 amide bonds. The second-order valence-corrected chi connectivity index (χ2v) is 7.48. The molecule has 10 nitrogen and oxygen atoms in total. The Kier molecular flexibility index (Phi) is 5.00. The summed E-state index contributed by atoms with van der Waals surface area (Å²) in [4.78, 5) is 18.1. The summed E-state index contributed by atoms with van der Waals surface area (Å²) in [6.45, 7) is 0.358. The molecule has 0 bridgehead atoms. The number of ether oxygens (including phenoxy) is 2. The van der Waals surface area contributed by atoms with Crippen LogP contribution in [0.1, 0.15) is 6.42 Å². The van der Waals surface area contributed by atoms with E-state index in [9.17, 15) is 18.5 Å². The first-order chi connectivity index (χ1) is 12.4. The normalized spacial score (nSPS) is 17.8. The Morgan fingerprint density at radius 3 is 2.81 bits per heavy atom. The number of non-ortho nitro benzene ring substituents is 1. The molecule has 1 aromatic heterocycles. The predicted molar refractivity (Wildman–Crippen MR) is 89.5 cm³/mol. The molecule has 1 saturated heterocycles. The minimum Gasteiger partial charge on any atom is -0.480 e. The first-order valence-corrected chi connectivity index (χ1v) is 9.11. The fraction of sp³-hybridized carbons (Fsp3) is 0.333. The van der Waals surface area contributed by atoms with Crippen LogP contribution in [0.25, 0.3) is 0 Å². The van der Waals surface area contributed by atoms with Crippen LogP contribution in [0.15, 0.2) is 41.6 Å². The monoisotopic (exact) mass is 380 g/mol. The maximum atomic E-state index is 12.7. The van der Waals surface area contributed by atoms with Crippen molar-refractivity contribution < 1.29 is 22.8 Å². The highest BCUT2D eigenvalue weighted by molar-refractivity contribution is 7.89. The van der Waals surface area contributed by atoms with Crippen LogP contribution < -0.4 is 9.47 Å². The van der Waals surface area contributed by atoms with E-state index in [-0.39, 0.29) is 29.6 Å². The Bertz CT molecular complexity index is 920. The molecule has 0 radical (unpaired) electrons. The van der Waals surface area contributed by atoms with Gasteiger partial charge in [-0.25, -0.2) is 8.42 Å². The zero-order valence-electron chi connectivity index (χ0n) is 13.8. The van der Waals surface area contributed by atoms with Crippen molar-refractivity contribution in [3.05, 3.63) is 46.8 Å². The van der Waals surface area contributed by atoms with Gasteiger partial charge in [0, 0.05) is 18.7 Å². The number of sulfonamides is 1. The van der Waals surface area contributed by atoms with Gasteiger partial charge < -0.3 is 9.47 Å². The molecule has 2 heterocycles. The molecule has 1 aliphatic rings. The lowest BCUT2D eigenvalue weighted by atomic mass is 10.3. The van der Waals surface area contributed by atoms with Gasteiger partial charge in [-0.15, -0.1) is 0 Å². The van der Waals surface area contributed by atoms with Crippen LogP contribution in [-0.2, 0) is 10.0 Å². The molecule has 26 heavy (non-hydrogen) atoms. The van der Waals surface area contributed by atoms with Gasteiger partial charge in [-0.3, -0.25) is 15.1 Å². The fourth-order valence-corrected chi connectivity index (χ4v) is 4.10. The van der Waals surface area contributed by atoms with Crippen molar-refractivity contribution in [2.45, 2.75) is 17.4 Å². The lowest BCUT2D eigenvalue weighted by molar-refractivity contribution is -0.385. The third kappa shape index (κ3) is 3.73. The first-order valence-electron chi connectivity index (χ1n) is 7.67. The molecule has 1 atom stereocenters. The van der Waals surface area contributed by atoms with Crippen LogP contribution in [0, 0.1) is 10.1 Å². The van der Waals surface area contributed by atoms with Crippen molar-refractivity contribution in [2.24, 2.45) is 0 Å². The summed E-state index contributed by atoms with van der Waals surface area (Å²) in [6, 6.07) is 4.98. The Hall–Kier alpha value is -2.79. The molecule has 11 heteroatoms. The quantitative estimate of drug-likeness (QED) is 0.541. The predicted octanol–water partition coefficient (Wildman–Crippen LogP) is 1.24. The largest absolute Gasteiger partial charge is 0.480 e. The van der Waals surface area contributed by atoms with E-state index in [1.54, 1.807) is 0 Å². The smallest absolute Gasteiger partial charge is 0.270 e. The third-order valence-electron chi connectivity index (χ3n) is 3.86. The molecule has 1 fully saturated rings. The number of aromatic nitrogens is 2. The number of nitrogens with zero attached hydrogens (tertiary/aromatic N) is 4. The number of hydrogen-bond donors (Lipinski definition) is 0. The van der Waals surface area contributed by atoms with Crippen molar-refractivity contribution >= 4 is 15.7 Å². The Morgan fingerprint density at radius 1 is 1.31 bits per heavy atom. The zero-order chi connectivity index (χ0) is 18.7. The summed E-state index contributed by atoms with van der Waals surface area (Å²) in [7, 11) is -2.39. The minimum absolute atomic E-state index is 0.115. The molecule has 1 aromatic carbocycles. The minimum atomic E-state index is -3.84. The van der Waals surface area contributed by atoms with Gasteiger partial charge in [-0.2, -0.15) is 9.29 Å². The molecular weight excluding hydrogens is 364 g/mol. The Morgan fingerprint density at radius 2 is 2.08 bits per heavy atom. The van der Waals surface area contributed by atoms with Crippen LogP contribution in [0.3, 0.4) is 0 Å². The van der Waals surface area contributed by atoms with Gasteiger partial charge in [0.2, 0.25) is 21.8 Å². The molecule has 1 aliphatic heterocycles. The van der Waals surface area contributed by atoms with E-state index < -0.39 is 21.1 Å². The van der Waals surface area contributed by atoms with Crippen LogP contribution in [0.5, 0.6) is 11.8 Å². The molecule has 3 rings (SSSR count). The van der Waals surface area contributed by atoms with Gasteiger partial charge in [0.25, 0.3) is 5.69 Å². The van der Waals surface area contributed by atoms with Crippen LogP contribution >= 0.6 is 0 Å². The van der Waals surface area contributed by atoms with E-state index >= 15 is 0 Å². The number of rotatable bonds is 6. The van der Waals surface area contributed by atoms with Crippen molar-refractivity contribution in [1.82, 2.24) is 14.3 Å². The number of methoxy groups -OCH3 is 1. The van der Waals surface area contributed by atoms with E-state index in [0.717, 1.165) is 6.07 Å². The highest BCUT2D eigenvalue weighted by Crippen LogP contribution is 2.26. The Labute approximate surface area is 149 Å². The number of hydrogen-bond acceptors (Lipinski definition) is 8. The van der Waals surface area contributed by atoms with Crippen LogP contribution in [-0.4, -0.2) is 53.9 Å². The summed E-state index contributed by atoms with van der Waals surface area (Å²) in [5.41, 5.74) is -0.273. The first kappa shape index (κ1) is 18.0. The van der Waals surface area contributed by atoms with E-state index in [1.807, 2.05) is 0 Å². The summed E-state index contributed by atoms with van der Waals surface area (Å²) >= 11 is 0. The van der Waals surface area contributed by atoms with Gasteiger partial charge in [0.1, 0.15) is 6.10 Å². The van der Waals surface area contributed by atoms with Gasteiger partial charge >= 0.3 is 0 Å². The summed E-state index contributed by atoms with van der Waals surface area (Å²) in [5, 5.41) is 10.9. The van der Waals surface area contributed by atoms with Crippen LogP contribution in [0.2, 0.25) is 0 Å². The summed E-state index contributed by atoms with van der Waals surface area (Å²) < 4.78 is 37.3. The van der Waals surface area contributed by atoms with E-state index in [0.29, 0.717) is 12.3 Å². The standard InChI is InChI=1S/C15H16N4O6S/c1-24-14-8-16-9-15(17-14)25-12-5-6-18(10-12)26(22,23)13-4-2-3-11(7-13)19(20)21/h2-4,7-9,12H,5-6,10H2,1H3. The molecule has 138 valence electrons. The maximum Gasteiger partial charge on any atom is 0.270 e.